The van der Waals surface area contributed by atoms with Crippen LogP contribution in [0.1, 0.15) is 4.88 Å². The predicted octanol–water partition coefficient (Wildman–Crippen LogP) is 4.09. The number of thioether (sulfide) groups is 1. The maximum absolute atomic E-state index is 12.4. The summed E-state index contributed by atoms with van der Waals surface area (Å²) in [6.45, 7) is -0.365. The summed E-state index contributed by atoms with van der Waals surface area (Å²) in [5.74, 6) is -0.489. The molecule has 26 heavy (non-hydrogen) atoms. The Hall–Kier alpha value is -2.29. The van der Waals surface area contributed by atoms with Gasteiger partial charge in [-0.3, -0.25) is 19.3 Å². The van der Waals surface area contributed by atoms with E-state index >= 15 is 0 Å². The number of imide groups is 1. The van der Waals surface area contributed by atoms with Crippen LogP contribution in [0.4, 0.5) is 10.5 Å². The molecule has 0 radical (unpaired) electrons. The lowest BCUT2D eigenvalue weighted by Gasteiger charge is -2.13. The minimum Gasteiger partial charge on any atom is -0.495 e. The number of nitrogens with one attached hydrogen (secondary N) is 1. The van der Waals surface area contributed by atoms with Crippen LogP contribution in [-0.2, 0) is 9.59 Å². The van der Waals surface area contributed by atoms with E-state index in [0.717, 1.165) is 21.5 Å². The van der Waals surface area contributed by atoms with Crippen LogP contribution in [0.5, 0.6) is 5.75 Å². The van der Waals surface area contributed by atoms with Gasteiger partial charge in [0.1, 0.15) is 12.3 Å². The van der Waals surface area contributed by atoms with E-state index in [1.807, 2.05) is 17.5 Å². The van der Waals surface area contributed by atoms with Crippen molar-refractivity contribution in [2.45, 2.75) is 0 Å². The Morgan fingerprint density at radius 1 is 1.35 bits per heavy atom. The zero-order chi connectivity index (χ0) is 18.7. The van der Waals surface area contributed by atoms with Gasteiger partial charge in [-0.05, 0) is 47.5 Å². The van der Waals surface area contributed by atoms with Gasteiger partial charge in [0.25, 0.3) is 11.1 Å². The van der Waals surface area contributed by atoms with Gasteiger partial charge in [0.05, 0.1) is 17.0 Å². The average molecular weight is 409 g/mol. The highest BCUT2D eigenvalue weighted by atomic mass is 35.5. The van der Waals surface area contributed by atoms with E-state index in [-0.39, 0.29) is 6.54 Å². The van der Waals surface area contributed by atoms with Crippen LogP contribution in [0.3, 0.4) is 0 Å². The van der Waals surface area contributed by atoms with Gasteiger partial charge >= 0.3 is 0 Å². The zero-order valence-corrected chi connectivity index (χ0v) is 15.9. The van der Waals surface area contributed by atoms with E-state index in [9.17, 15) is 14.4 Å². The highest BCUT2D eigenvalue weighted by Crippen LogP contribution is 2.33. The first-order valence-corrected chi connectivity index (χ1v) is 9.47. The number of hydrogen-bond donors (Lipinski definition) is 1. The molecule has 9 heteroatoms. The number of thiophene rings is 1. The Balaban J connectivity index is 1.66. The number of carbonyl (C=O) groups is 3. The van der Waals surface area contributed by atoms with E-state index < -0.39 is 17.1 Å². The zero-order valence-electron chi connectivity index (χ0n) is 13.5. The van der Waals surface area contributed by atoms with Gasteiger partial charge < -0.3 is 10.1 Å². The maximum Gasteiger partial charge on any atom is 0.294 e. The number of nitrogens with zero attached hydrogens (tertiary/aromatic N) is 1. The van der Waals surface area contributed by atoms with Crippen molar-refractivity contribution in [3.63, 3.8) is 0 Å². The molecular weight excluding hydrogens is 396 g/mol. The van der Waals surface area contributed by atoms with Crippen molar-refractivity contribution >= 4 is 63.5 Å². The summed E-state index contributed by atoms with van der Waals surface area (Å²) in [6, 6.07) is 8.46. The summed E-state index contributed by atoms with van der Waals surface area (Å²) in [6.07, 6.45) is 1.65. The summed E-state index contributed by atoms with van der Waals surface area (Å²) in [5.41, 5.74) is 0.446. The Morgan fingerprint density at radius 3 is 2.81 bits per heavy atom. The minimum absolute atomic E-state index is 0.303. The van der Waals surface area contributed by atoms with Gasteiger partial charge in [-0.25, -0.2) is 0 Å². The molecule has 1 aromatic carbocycles. The monoisotopic (exact) mass is 408 g/mol. The number of amides is 3. The van der Waals surface area contributed by atoms with E-state index in [2.05, 4.69) is 5.32 Å². The molecule has 0 bridgehead atoms. The molecule has 134 valence electrons. The summed E-state index contributed by atoms with van der Waals surface area (Å²) >= 11 is 8.30. The van der Waals surface area contributed by atoms with E-state index in [1.165, 1.54) is 24.5 Å². The molecule has 1 N–H and O–H groups in total. The third-order valence-electron chi connectivity index (χ3n) is 3.43. The standard InChI is InChI=1S/C17H13ClN2O4S2/c1-24-13-5-4-10(7-12(13)18)19-15(21)9-20-16(22)14(26-17(20)23)8-11-3-2-6-25-11/h2-8H,9H2,1H3,(H,19,21). The number of halogens is 1. The van der Waals surface area contributed by atoms with E-state index in [4.69, 9.17) is 16.3 Å². The summed E-state index contributed by atoms with van der Waals surface area (Å²) in [4.78, 5) is 38.7. The first-order chi connectivity index (χ1) is 12.5. The van der Waals surface area contributed by atoms with Crippen molar-refractivity contribution in [2.75, 3.05) is 19.0 Å². The van der Waals surface area contributed by atoms with Gasteiger partial charge in [0, 0.05) is 10.6 Å². The molecule has 0 atom stereocenters. The van der Waals surface area contributed by atoms with Crippen LogP contribution in [0.15, 0.2) is 40.6 Å². The molecule has 0 unspecified atom stereocenters. The second kappa shape index (κ2) is 7.94. The maximum atomic E-state index is 12.4. The summed E-state index contributed by atoms with van der Waals surface area (Å²) in [5, 5.41) is 4.36. The fourth-order valence-electron chi connectivity index (χ4n) is 2.23. The third-order valence-corrected chi connectivity index (χ3v) is 5.45. The molecule has 0 saturated carbocycles. The molecule has 0 aliphatic carbocycles. The summed E-state index contributed by atoms with van der Waals surface area (Å²) in [7, 11) is 1.49. The van der Waals surface area contributed by atoms with Crippen LogP contribution in [-0.4, -0.2) is 35.6 Å². The Labute approximate surface area is 162 Å². The van der Waals surface area contributed by atoms with Crippen molar-refractivity contribution in [1.82, 2.24) is 4.90 Å². The second-order valence-corrected chi connectivity index (χ2v) is 7.56. The number of hydrogen-bond acceptors (Lipinski definition) is 6. The Kier molecular flexibility index (Phi) is 5.65. The lowest BCUT2D eigenvalue weighted by Crippen LogP contribution is -2.36. The van der Waals surface area contributed by atoms with Crippen LogP contribution in [0.2, 0.25) is 5.02 Å². The number of carbonyl (C=O) groups excluding carboxylic acids is 3. The van der Waals surface area contributed by atoms with Crippen molar-refractivity contribution in [2.24, 2.45) is 0 Å². The lowest BCUT2D eigenvalue weighted by atomic mass is 10.3. The van der Waals surface area contributed by atoms with Crippen LogP contribution < -0.4 is 10.1 Å². The Morgan fingerprint density at radius 2 is 2.15 bits per heavy atom. The van der Waals surface area contributed by atoms with E-state index in [1.54, 1.807) is 18.2 Å². The van der Waals surface area contributed by atoms with Crippen LogP contribution >= 0.6 is 34.7 Å². The minimum atomic E-state index is -0.495. The van der Waals surface area contributed by atoms with Crippen LogP contribution in [0.25, 0.3) is 6.08 Å². The molecule has 0 spiro atoms. The number of methoxy groups -OCH3 is 1. The SMILES string of the molecule is COc1ccc(NC(=O)CN2C(=O)SC(=Cc3cccs3)C2=O)cc1Cl. The van der Waals surface area contributed by atoms with Gasteiger partial charge in [-0.2, -0.15) is 0 Å². The van der Waals surface area contributed by atoms with Crippen molar-refractivity contribution in [3.05, 3.63) is 50.5 Å². The van der Waals surface area contributed by atoms with Crippen molar-refractivity contribution in [3.8, 4) is 5.75 Å². The molecule has 2 heterocycles. The number of ether oxygens (including phenoxy) is 1. The first kappa shape index (κ1) is 18.5. The number of rotatable bonds is 5. The molecule has 1 aromatic heterocycles. The molecule has 2 aromatic rings. The molecule has 3 amide bonds. The van der Waals surface area contributed by atoms with Crippen molar-refractivity contribution in [1.29, 1.82) is 0 Å². The second-order valence-electron chi connectivity index (χ2n) is 5.18. The summed E-state index contributed by atoms with van der Waals surface area (Å²) < 4.78 is 5.05. The molecule has 1 aliphatic rings. The Bertz CT molecular complexity index is 896. The highest BCUT2D eigenvalue weighted by Gasteiger charge is 2.36. The third kappa shape index (κ3) is 4.09. The molecule has 1 aliphatic heterocycles. The first-order valence-electron chi connectivity index (χ1n) is 7.40. The van der Waals surface area contributed by atoms with Gasteiger partial charge in [0.15, 0.2) is 0 Å². The predicted molar refractivity (Wildman–Crippen MR) is 104 cm³/mol. The number of benzene rings is 1. The van der Waals surface area contributed by atoms with Gasteiger partial charge in [0.2, 0.25) is 5.91 Å². The van der Waals surface area contributed by atoms with E-state index in [0.29, 0.717) is 21.4 Å². The molecular formula is C17H13ClN2O4S2. The topological polar surface area (TPSA) is 75.7 Å². The van der Waals surface area contributed by atoms with Crippen molar-refractivity contribution < 1.29 is 19.1 Å². The van der Waals surface area contributed by atoms with Crippen LogP contribution in [0, 0.1) is 0 Å². The molecule has 1 fully saturated rings. The van der Waals surface area contributed by atoms with Gasteiger partial charge in [-0.1, -0.05) is 17.7 Å². The normalized spacial score (nSPS) is 15.6. The highest BCUT2D eigenvalue weighted by molar-refractivity contribution is 8.18. The number of anilines is 1. The molecule has 3 rings (SSSR count). The smallest absolute Gasteiger partial charge is 0.294 e. The average Bonchev–Trinajstić information content (AvgIpc) is 3.19. The fourth-order valence-corrected chi connectivity index (χ4v) is 4.05. The quantitative estimate of drug-likeness (QED) is 0.754. The van der Waals surface area contributed by atoms with Gasteiger partial charge in [-0.15, -0.1) is 11.3 Å². The molecule has 6 nitrogen and oxygen atoms in total. The largest absolute Gasteiger partial charge is 0.495 e. The molecule has 1 saturated heterocycles. The lowest BCUT2D eigenvalue weighted by molar-refractivity contribution is -0.127. The fraction of sp³-hybridized carbons (Fsp3) is 0.118.